The van der Waals surface area contributed by atoms with Crippen molar-refractivity contribution in [3.8, 4) is 11.1 Å². The van der Waals surface area contributed by atoms with Gasteiger partial charge < -0.3 is 14.2 Å². The summed E-state index contributed by atoms with van der Waals surface area (Å²) in [6.07, 6.45) is 0.0794. The van der Waals surface area contributed by atoms with E-state index in [0.29, 0.717) is 0 Å². The fourth-order valence-electron chi connectivity index (χ4n) is 4.26. The fourth-order valence-corrected chi connectivity index (χ4v) is 4.32. The van der Waals surface area contributed by atoms with Crippen molar-refractivity contribution in [2.75, 3.05) is 13.2 Å². The summed E-state index contributed by atoms with van der Waals surface area (Å²) >= 11 is 5.30. The lowest BCUT2D eigenvalue weighted by atomic mass is 9.98. The van der Waals surface area contributed by atoms with E-state index < -0.39 is 23.3 Å². The lowest BCUT2D eigenvalue weighted by Crippen LogP contribution is -2.26. The number of esters is 2. The summed E-state index contributed by atoms with van der Waals surface area (Å²) < 4.78 is 15.8. The minimum absolute atomic E-state index is 0.0263. The Labute approximate surface area is 208 Å². The van der Waals surface area contributed by atoms with Crippen LogP contribution in [0.15, 0.2) is 78.9 Å². The zero-order valence-electron chi connectivity index (χ0n) is 19.0. The second kappa shape index (κ2) is 11.7. The van der Waals surface area contributed by atoms with Gasteiger partial charge in [0.15, 0.2) is 0 Å². The summed E-state index contributed by atoms with van der Waals surface area (Å²) in [5.41, 5.74) is 4.28. The summed E-state index contributed by atoms with van der Waals surface area (Å²) in [7, 11) is 0. The minimum atomic E-state index is -1.02. The Hall–Kier alpha value is -3.64. The zero-order valence-corrected chi connectivity index (χ0v) is 19.8. The van der Waals surface area contributed by atoms with Crippen LogP contribution in [0.25, 0.3) is 11.1 Å². The maximum absolute atomic E-state index is 12.9. The van der Waals surface area contributed by atoms with Crippen molar-refractivity contribution in [2.45, 2.75) is 25.4 Å². The van der Waals surface area contributed by atoms with Crippen LogP contribution in [0.4, 0.5) is 4.79 Å². The molecule has 3 aromatic carbocycles. The molecule has 35 heavy (non-hydrogen) atoms. The molecule has 180 valence electrons. The molecule has 0 aliphatic heterocycles. The van der Waals surface area contributed by atoms with Crippen LogP contribution in [0, 0.1) is 5.92 Å². The van der Waals surface area contributed by atoms with Gasteiger partial charge in [0.25, 0.3) is 0 Å². The second-order valence-electron chi connectivity index (χ2n) is 8.29. The van der Waals surface area contributed by atoms with Gasteiger partial charge in [0.1, 0.15) is 19.8 Å². The van der Waals surface area contributed by atoms with Crippen LogP contribution in [0.5, 0.6) is 0 Å². The summed E-state index contributed by atoms with van der Waals surface area (Å²) in [5.74, 6) is -1.95. The Morgan fingerprint density at radius 3 is 2.00 bits per heavy atom. The molecule has 0 heterocycles. The summed E-state index contributed by atoms with van der Waals surface area (Å²) in [5, 5.41) is 0. The fraction of sp³-hybridized carbons (Fsp3) is 0.250. The van der Waals surface area contributed by atoms with E-state index in [1.165, 1.54) is 0 Å². The van der Waals surface area contributed by atoms with Crippen LogP contribution >= 0.6 is 11.6 Å². The molecule has 1 atom stereocenters. The zero-order chi connectivity index (χ0) is 24.6. The number of hydrogen-bond donors (Lipinski definition) is 0. The molecule has 7 heteroatoms. The monoisotopic (exact) mass is 492 g/mol. The smallest absolute Gasteiger partial charge is 0.403 e. The van der Waals surface area contributed by atoms with Gasteiger partial charge in [-0.15, -0.1) is 0 Å². The lowest BCUT2D eigenvalue weighted by Gasteiger charge is -2.18. The molecule has 0 N–H and O–H groups in total. The molecular weight excluding hydrogens is 468 g/mol. The van der Waals surface area contributed by atoms with Crippen molar-refractivity contribution in [2.24, 2.45) is 5.92 Å². The number of carbonyl (C=O) groups excluding carboxylic acids is 3. The highest BCUT2D eigenvalue weighted by atomic mass is 35.5. The molecule has 6 nitrogen and oxygen atoms in total. The van der Waals surface area contributed by atoms with Crippen LogP contribution in [0.1, 0.15) is 35.4 Å². The van der Waals surface area contributed by atoms with E-state index in [0.717, 1.165) is 27.8 Å². The maximum Gasteiger partial charge on any atom is 0.403 e. The molecule has 3 aromatic rings. The van der Waals surface area contributed by atoms with E-state index in [-0.39, 0.29) is 38.6 Å². The number of halogens is 1. The van der Waals surface area contributed by atoms with Gasteiger partial charge in [-0.25, -0.2) is 4.79 Å². The number of rotatable bonds is 10. The van der Waals surface area contributed by atoms with Crippen LogP contribution < -0.4 is 0 Å². The van der Waals surface area contributed by atoms with Gasteiger partial charge in [0, 0.05) is 23.9 Å². The largest absolute Gasteiger partial charge is 0.464 e. The highest BCUT2D eigenvalue weighted by Crippen LogP contribution is 2.44. The first-order valence-corrected chi connectivity index (χ1v) is 11.8. The molecule has 0 radical (unpaired) electrons. The first kappa shape index (κ1) is 24.5. The highest BCUT2D eigenvalue weighted by molar-refractivity contribution is 6.61. The number of fused-ring (bicyclic) bond motifs is 3. The van der Waals surface area contributed by atoms with Crippen molar-refractivity contribution in [1.82, 2.24) is 0 Å². The van der Waals surface area contributed by atoms with Gasteiger partial charge in [-0.05, 0) is 34.2 Å². The lowest BCUT2D eigenvalue weighted by molar-refractivity contribution is -0.151. The molecule has 0 saturated heterocycles. The van der Waals surface area contributed by atoms with Crippen molar-refractivity contribution in [3.05, 3.63) is 95.6 Å². The maximum atomic E-state index is 12.9. The van der Waals surface area contributed by atoms with Gasteiger partial charge in [-0.3, -0.25) is 9.59 Å². The molecule has 0 saturated carbocycles. The van der Waals surface area contributed by atoms with Crippen LogP contribution in [0.2, 0.25) is 0 Å². The second-order valence-corrected chi connectivity index (χ2v) is 8.60. The molecule has 4 rings (SSSR count). The van der Waals surface area contributed by atoms with Gasteiger partial charge in [0.2, 0.25) is 0 Å². The molecule has 0 unspecified atom stereocenters. The molecule has 0 fully saturated rings. The summed E-state index contributed by atoms with van der Waals surface area (Å²) in [6.45, 7) is 0.00750. The number of hydrogen-bond acceptors (Lipinski definition) is 6. The summed E-state index contributed by atoms with van der Waals surface area (Å²) in [6, 6.07) is 25.4. The Bertz CT molecular complexity index is 1150. The van der Waals surface area contributed by atoms with Crippen molar-refractivity contribution in [3.63, 3.8) is 0 Å². The Kier molecular flexibility index (Phi) is 8.16. The number of ether oxygens (including phenoxy) is 3. The quantitative estimate of drug-likeness (QED) is 0.200. The normalized spacial score (nSPS) is 12.8. The van der Waals surface area contributed by atoms with Crippen LogP contribution in [0.3, 0.4) is 0 Å². The topological polar surface area (TPSA) is 78.9 Å². The van der Waals surface area contributed by atoms with E-state index >= 15 is 0 Å². The average molecular weight is 493 g/mol. The van der Waals surface area contributed by atoms with Crippen molar-refractivity contribution < 1.29 is 28.6 Å². The number of benzene rings is 3. The molecule has 0 bridgehead atoms. The first-order chi connectivity index (χ1) is 17.0. The average Bonchev–Trinajstić information content (AvgIpc) is 3.20. The predicted molar refractivity (Wildman–Crippen MR) is 131 cm³/mol. The van der Waals surface area contributed by atoms with E-state index in [1.807, 2.05) is 66.7 Å². The first-order valence-electron chi connectivity index (χ1n) is 11.4. The molecular formula is C28H25ClO6. The van der Waals surface area contributed by atoms with E-state index in [2.05, 4.69) is 12.1 Å². The highest BCUT2D eigenvalue weighted by Gasteiger charge is 2.30. The minimum Gasteiger partial charge on any atom is -0.464 e. The van der Waals surface area contributed by atoms with Crippen LogP contribution in [-0.4, -0.2) is 30.6 Å². The standard InChI is InChI=1S/C28H25ClO6/c29-28(32)35-17-20(14-15-26(30)33-16-19-8-2-1-3-9-19)27(31)34-18-25-23-12-6-4-10-21(23)22-11-5-7-13-24(22)25/h1-13,20,25H,14-18H2/t20-/m0/s1. The van der Waals surface area contributed by atoms with Crippen LogP contribution in [-0.2, 0) is 30.4 Å². The Morgan fingerprint density at radius 1 is 0.771 bits per heavy atom. The van der Waals surface area contributed by atoms with Gasteiger partial charge in [-0.1, -0.05) is 78.9 Å². The molecule has 0 amide bonds. The third kappa shape index (κ3) is 6.28. The Morgan fingerprint density at radius 2 is 1.37 bits per heavy atom. The third-order valence-corrected chi connectivity index (χ3v) is 6.13. The molecule has 0 aromatic heterocycles. The van der Waals surface area contributed by atoms with Gasteiger partial charge in [-0.2, -0.15) is 0 Å². The van der Waals surface area contributed by atoms with Crippen molar-refractivity contribution in [1.29, 1.82) is 0 Å². The molecule has 1 aliphatic carbocycles. The SMILES string of the molecule is O=C(Cl)OC[C@H](CCC(=O)OCc1ccccc1)C(=O)OCC1c2ccccc2-c2ccccc21. The summed E-state index contributed by atoms with van der Waals surface area (Å²) in [4.78, 5) is 36.2. The molecule has 0 spiro atoms. The van der Waals surface area contributed by atoms with Gasteiger partial charge in [0.05, 0.1) is 5.92 Å². The number of carbonyl (C=O) groups is 3. The van der Waals surface area contributed by atoms with E-state index in [4.69, 9.17) is 25.8 Å². The Balaban J connectivity index is 1.36. The van der Waals surface area contributed by atoms with E-state index in [1.54, 1.807) is 0 Å². The molecule has 1 aliphatic rings. The predicted octanol–water partition coefficient (Wildman–Crippen LogP) is 5.86. The van der Waals surface area contributed by atoms with Crippen molar-refractivity contribution >= 4 is 29.0 Å². The van der Waals surface area contributed by atoms with E-state index in [9.17, 15) is 14.4 Å². The van der Waals surface area contributed by atoms with Gasteiger partial charge >= 0.3 is 17.4 Å². The third-order valence-electron chi connectivity index (χ3n) is 6.03.